The van der Waals surface area contributed by atoms with Crippen molar-refractivity contribution in [2.75, 3.05) is 0 Å². The molecule has 0 spiro atoms. The average molecular weight is 209 g/mol. The highest BCUT2D eigenvalue weighted by Gasteiger charge is 1.95. The van der Waals surface area contributed by atoms with E-state index in [0.717, 1.165) is 4.43 Å². The number of benzene rings is 1. The summed E-state index contributed by atoms with van der Waals surface area (Å²) >= 11 is 13.9. The highest BCUT2D eigenvalue weighted by atomic mass is 35.5. The van der Waals surface area contributed by atoms with Gasteiger partial charge < -0.3 is 0 Å². The lowest BCUT2D eigenvalue weighted by Gasteiger charge is -1.97. The Bertz CT molecular complexity index is 204. The number of hydrogen-bond acceptors (Lipinski definition) is 0. The third kappa shape index (κ3) is 2.34. The summed E-state index contributed by atoms with van der Waals surface area (Å²) < 4.78 is 0.934. The molecule has 0 fully saturated rings. The molecule has 0 saturated heterocycles. The summed E-state index contributed by atoms with van der Waals surface area (Å²) in [5.74, 6) is 0. The van der Waals surface area contributed by atoms with Gasteiger partial charge in [0.15, 0.2) is 16.3 Å². The molecule has 1 aromatic carbocycles. The molecule has 0 bridgehead atoms. The first kappa shape index (κ1) is 10.6. The van der Waals surface area contributed by atoms with Gasteiger partial charge in [0.25, 0.3) is 0 Å². The Morgan fingerprint density at radius 3 is 2.20 bits per heavy atom. The molecule has 0 heterocycles. The Morgan fingerprint density at radius 2 is 1.80 bits per heavy atom. The van der Waals surface area contributed by atoms with Gasteiger partial charge >= 0.3 is 0 Å². The van der Waals surface area contributed by atoms with Crippen molar-refractivity contribution in [1.29, 1.82) is 0 Å². The predicted molar refractivity (Wildman–Crippen MR) is 49.1 cm³/mol. The van der Waals surface area contributed by atoms with Crippen LogP contribution in [0.5, 0.6) is 0 Å². The lowest BCUT2D eigenvalue weighted by molar-refractivity contribution is 1.76. The predicted octanol–water partition coefficient (Wildman–Crippen LogP) is 2.21. The summed E-state index contributed by atoms with van der Waals surface area (Å²) in [6.07, 6.45) is 0. The molecule has 4 heteroatoms. The fraction of sp³-hybridized carbons (Fsp3) is 0. The van der Waals surface area contributed by atoms with Gasteiger partial charge in [-0.15, -0.1) is 16.8 Å². The van der Waals surface area contributed by atoms with Crippen LogP contribution in [0.4, 0.5) is 0 Å². The topological polar surface area (TPSA) is 0 Å². The first-order valence-corrected chi connectivity index (χ1v) is 3.74. The van der Waals surface area contributed by atoms with Crippen LogP contribution in [0.1, 0.15) is 0 Å². The van der Waals surface area contributed by atoms with E-state index in [1.165, 1.54) is 0 Å². The van der Waals surface area contributed by atoms with Crippen molar-refractivity contribution in [3.63, 3.8) is 0 Å². The van der Waals surface area contributed by atoms with Crippen LogP contribution < -0.4 is 4.43 Å². The fourth-order valence-electron chi connectivity index (χ4n) is 0.520. The van der Waals surface area contributed by atoms with E-state index < -0.39 is 0 Å². The van der Waals surface area contributed by atoms with E-state index in [1.54, 1.807) is 6.07 Å². The highest BCUT2D eigenvalue weighted by Crippen LogP contribution is 2.17. The molecule has 1 aromatic rings. The normalized spacial score (nSPS) is 8.60. The number of halogens is 3. The molecule has 0 amide bonds. The summed E-state index contributed by atoms with van der Waals surface area (Å²) in [7, 11) is 0. The monoisotopic (exact) mass is 208 g/mol. The fourth-order valence-corrected chi connectivity index (χ4v) is 1.19. The van der Waals surface area contributed by atoms with E-state index in [0.29, 0.717) is 10.0 Å². The second-order valence-electron chi connectivity index (χ2n) is 1.64. The van der Waals surface area contributed by atoms with Gasteiger partial charge in [-0.2, -0.15) is 0 Å². The van der Waals surface area contributed by atoms with Gasteiger partial charge in [-0.05, 0) is 6.07 Å². The van der Waals surface area contributed by atoms with Crippen molar-refractivity contribution < 1.29 is 0 Å². The number of rotatable bonds is 0. The van der Waals surface area contributed by atoms with E-state index in [1.807, 2.05) is 12.1 Å². The van der Waals surface area contributed by atoms with Crippen molar-refractivity contribution in [2.24, 2.45) is 0 Å². The molecule has 0 saturated carbocycles. The summed E-state index contributed by atoms with van der Waals surface area (Å²) in [6.45, 7) is 0. The molecule has 0 nitrogen and oxygen atoms in total. The first-order valence-electron chi connectivity index (χ1n) is 2.41. The second-order valence-corrected chi connectivity index (χ2v) is 3.05. The Kier molecular flexibility index (Phi) is 4.77. The van der Waals surface area contributed by atoms with Gasteiger partial charge in [-0.25, -0.2) is 0 Å². The standard InChI is InChI=1S/C6H3Cl2.Al.ClH/c7-5-3-1-2-4-6(5)8;;/h1-3H;;1H. The zero-order valence-electron chi connectivity index (χ0n) is 4.97. The van der Waals surface area contributed by atoms with E-state index in [9.17, 15) is 0 Å². The maximum Gasteiger partial charge on any atom is 0.178 e. The van der Waals surface area contributed by atoms with Crippen molar-refractivity contribution in [1.82, 2.24) is 0 Å². The molecule has 10 heavy (non-hydrogen) atoms. The van der Waals surface area contributed by atoms with Gasteiger partial charge in [0, 0.05) is 5.02 Å². The van der Waals surface area contributed by atoms with Gasteiger partial charge in [0.1, 0.15) is 0 Å². The van der Waals surface area contributed by atoms with Crippen LogP contribution >= 0.6 is 35.6 Å². The molecule has 0 atom stereocenters. The SMILES string of the molecule is Cl.[Al][c]1cccc(Cl)c1Cl. The molecule has 1 rings (SSSR count). The Morgan fingerprint density at radius 1 is 1.20 bits per heavy atom. The lowest BCUT2D eigenvalue weighted by Crippen LogP contribution is -2.02. The zero-order valence-corrected chi connectivity index (χ0v) is 8.46. The van der Waals surface area contributed by atoms with Gasteiger partial charge in [0.05, 0.1) is 5.02 Å². The van der Waals surface area contributed by atoms with Crippen molar-refractivity contribution in [2.45, 2.75) is 0 Å². The van der Waals surface area contributed by atoms with E-state index in [2.05, 4.69) is 16.3 Å². The summed E-state index contributed by atoms with van der Waals surface area (Å²) in [6, 6.07) is 5.51. The van der Waals surface area contributed by atoms with Crippen LogP contribution in [0.15, 0.2) is 18.2 Å². The van der Waals surface area contributed by atoms with Gasteiger partial charge in [0.2, 0.25) is 0 Å². The molecule has 0 unspecified atom stereocenters. The van der Waals surface area contributed by atoms with Crippen LogP contribution in [0.3, 0.4) is 0 Å². The van der Waals surface area contributed by atoms with E-state index >= 15 is 0 Å². The minimum Gasteiger partial charge on any atom is -0.147 e. The van der Waals surface area contributed by atoms with E-state index in [-0.39, 0.29) is 12.4 Å². The summed E-state index contributed by atoms with van der Waals surface area (Å²) in [4.78, 5) is 0. The molecule has 0 N–H and O–H groups in total. The molecule has 0 aliphatic rings. The maximum atomic E-state index is 5.72. The first-order chi connectivity index (χ1) is 4.22. The molecule has 0 aromatic heterocycles. The van der Waals surface area contributed by atoms with Crippen molar-refractivity contribution >= 4 is 56.3 Å². The number of hydrogen-bond donors (Lipinski definition) is 0. The largest absolute Gasteiger partial charge is 0.178 e. The third-order valence-corrected chi connectivity index (χ3v) is 2.48. The van der Waals surface area contributed by atoms with Gasteiger partial charge in [-0.1, -0.05) is 35.3 Å². The second kappa shape index (κ2) is 4.49. The minimum atomic E-state index is 0. The van der Waals surface area contributed by atoms with Crippen molar-refractivity contribution in [3.8, 4) is 0 Å². The lowest BCUT2D eigenvalue weighted by atomic mass is 10.4. The Labute approximate surface area is 84.4 Å². The summed E-state index contributed by atoms with van der Waals surface area (Å²) in [5.41, 5.74) is 0. The van der Waals surface area contributed by atoms with Crippen LogP contribution in [-0.2, 0) is 0 Å². The quantitative estimate of drug-likeness (QED) is 0.575. The highest BCUT2D eigenvalue weighted by molar-refractivity contribution is 6.50. The molecule has 0 aliphatic heterocycles. The maximum absolute atomic E-state index is 5.72. The smallest absolute Gasteiger partial charge is 0.147 e. The average Bonchev–Trinajstić information content (AvgIpc) is 1.83. The molecular formula is C6H4AlCl3. The molecular weight excluding hydrogens is 205 g/mol. The molecule has 0 aliphatic carbocycles. The van der Waals surface area contributed by atoms with Crippen LogP contribution in [-0.4, -0.2) is 16.3 Å². The van der Waals surface area contributed by atoms with Crippen LogP contribution in [0, 0.1) is 0 Å². The minimum absolute atomic E-state index is 0. The third-order valence-electron chi connectivity index (χ3n) is 0.981. The van der Waals surface area contributed by atoms with Crippen molar-refractivity contribution in [3.05, 3.63) is 28.2 Å². The molecule has 52 valence electrons. The zero-order chi connectivity index (χ0) is 6.85. The molecule has 2 radical (unpaired) electrons. The van der Waals surface area contributed by atoms with E-state index in [4.69, 9.17) is 23.2 Å². The van der Waals surface area contributed by atoms with Gasteiger partial charge in [-0.3, -0.25) is 0 Å². The van der Waals surface area contributed by atoms with Crippen LogP contribution in [0.2, 0.25) is 10.0 Å². The Balaban J connectivity index is 0.000000810. The van der Waals surface area contributed by atoms with Crippen LogP contribution in [0.25, 0.3) is 0 Å². The Hall–Kier alpha value is 0.622. The summed E-state index contributed by atoms with van der Waals surface area (Å²) in [5, 5.41) is 1.22.